The van der Waals surface area contributed by atoms with Gasteiger partial charge in [0.2, 0.25) is 5.91 Å². The van der Waals surface area contributed by atoms with Crippen LogP contribution in [0.3, 0.4) is 0 Å². The molecule has 0 radical (unpaired) electrons. The number of nitrogens with one attached hydrogen (secondary N) is 2. The minimum Gasteiger partial charge on any atom is -0.376 e. The molecule has 104 valence electrons. The fraction of sp³-hybridized carbons (Fsp3) is 0.133. The van der Waals surface area contributed by atoms with Crippen molar-refractivity contribution >= 4 is 34.8 Å². The molecule has 5 heteroatoms. The van der Waals surface area contributed by atoms with E-state index in [1.807, 2.05) is 30.3 Å². The predicted octanol–water partition coefficient (Wildman–Crippen LogP) is 3.72. The number of rotatable bonds is 5. The standard InChI is InChI=1S/C15H14Cl2N2O/c16-12-5-3-6-13(8-12)18-10-15(20)19-9-11-4-1-2-7-14(11)17/h1-8,18H,9-10H2,(H,19,20). The van der Waals surface area contributed by atoms with E-state index in [4.69, 9.17) is 23.2 Å². The molecule has 0 unspecified atom stereocenters. The third-order valence-corrected chi connectivity index (χ3v) is 3.32. The van der Waals surface area contributed by atoms with Crippen molar-refractivity contribution in [2.75, 3.05) is 11.9 Å². The van der Waals surface area contributed by atoms with Crippen molar-refractivity contribution in [3.63, 3.8) is 0 Å². The summed E-state index contributed by atoms with van der Waals surface area (Å²) >= 11 is 11.9. The SMILES string of the molecule is O=C(CNc1cccc(Cl)c1)NCc1ccccc1Cl. The highest BCUT2D eigenvalue weighted by Crippen LogP contribution is 2.15. The lowest BCUT2D eigenvalue weighted by Gasteiger charge is -2.09. The molecule has 0 aliphatic heterocycles. The van der Waals surface area contributed by atoms with E-state index in [1.165, 1.54) is 0 Å². The van der Waals surface area contributed by atoms with Crippen LogP contribution in [0.15, 0.2) is 48.5 Å². The average molecular weight is 309 g/mol. The van der Waals surface area contributed by atoms with E-state index < -0.39 is 0 Å². The van der Waals surface area contributed by atoms with E-state index in [1.54, 1.807) is 18.2 Å². The maximum absolute atomic E-state index is 11.7. The zero-order chi connectivity index (χ0) is 14.4. The first-order valence-corrected chi connectivity index (χ1v) is 6.90. The lowest BCUT2D eigenvalue weighted by molar-refractivity contribution is -0.119. The molecule has 3 nitrogen and oxygen atoms in total. The van der Waals surface area contributed by atoms with Gasteiger partial charge in [-0.1, -0.05) is 47.5 Å². The summed E-state index contributed by atoms with van der Waals surface area (Å²) < 4.78 is 0. The molecule has 2 aromatic rings. The maximum atomic E-state index is 11.7. The molecule has 0 saturated carbocycles. The van der Waals surface area contributed by atoms with Crippen LogP contribution in [0.5, 0.6) is 0 Å². The first kappa shape index (κ1) is 14.7. The van der Waals surface area contributed by atoms with E-state index in [2.05, 4.69) is 10.6 Å². The molecular weight excluding hydrogens is 295 g/mol. The van der Waals surface area contributed by atoms with Crippen LogP contribution in [0, 0.1) is 0 Å². The molecule has 0 saturated heterocycles. The lowest BCUT2D eigenvalue weighted by Crippen LogP contribution is -2.29. The molecule has 0 bridgehead atoms. The number of carbonyl (C=O) groups excluding carboxylic acids is 1. The average Bonchev–Trinajstić information content (AvgIpc) is 2.44. The van der Waals surface area contributed by atoms with Gasteiger partial charge in [-0.3, -0.25) is 4.79 Å². The second-order valence-electron chi connectivity index (χ2n) is 4.23. The fourth-order valence-corrected chi connectivity index (χ4v) is 2.07. The summed E-state index contributed by atoms with van der Waals surface area (Å²) in [7, 11) is 0. The Kier molecular flexibility index (Phi) is 5.27. The normalized spacial score (nSPS) is 10.1. The molecule has 0 fully saturated rings. The largest absolute Gasteiger partial charge is 0.376 e. The highest BCUT2D eigenvalue weighted by atomic mass is 35.5. The zero-order valence-corrected chi connectivity index (χ0v) is 12.2. The quantitative estimate of drug-likeness (QED) is 0.884. The van der Waals surface area contributed by atoms with Gasteiger partial charge in [-0.15, -0.1) is 0 Å². The molecule has 2 aromatic carbocycles. The van der Waals surface area contributed by atoms with Gasteiger partial charge in [0.1, 0.15) is 0 Å². The number of halogens is 2. The van der Waals surface area contributed by atoms with Gasteiger partial charge >= 0.3 is 0 Å². The van der Waals surface area contributed by atoms with Gasteiger partial charge in [0.05, 0.1) is 6.54 Å². The number of carbonyl (C=O) groups is 1. The van der Waals surface area contributed by atoms with Crippen molar-refractivity contribution in [2.45, 2.75) is 6.54 Å². The van der Waals surface area contributed by atoms with Crippen LogP contribution in [-0.2, 0) is 11.3 Å². The number of amides is 1. The summed E-state index contributed by atoms with van der Waals surface area (Å²) in [6, 6.07) is 14.7. The van der Waals surface area contributed by atoms with Crippen LogP contribution in [0.1, 0.15) is 5.56 Å². The molecule has 1 amide bonds. The Hall–Kier alpha value is -1.71. The van der Waals surface area contributed by atoms with Crippen molar-refractivity contribution in [2.24, 2.45) is 0 Å². The highest BCUT2D eigenvalue weighted by Gasteiger charge is 2.03. The smallest absolute Gasteiger partial charge is 0.239 e. The molecule has 0 atom stereocenters. The Morgan fingerprint density at radius 1 is 1.05 bits per heavy atom. The molecule has 0 spiro atoms. The van der Waals surface area contributed by atoms with Crippen LogP contribution in [0.2, 0.25) is 10.0 Å². The second kappa shape index (κ2) is 7.17. The molecule has 2 rings (SSSR count). The van der Waals surface area contributed by atoms with Crippen LogP contribution < -0.4 is 10.6 Å². The second-order valence-corrected chi connectivity index (χ2v) is 5.08. The summed E-state index contributed by atoms with van der Waals surface area (Å²) in [5.41, 5.74) is 1.70. The Morgan fingerprint density at radius 3 is 2.60 bits per heavy atom. The van der Waals surface area contributed by atoms with E-state index in [9.17, 15) is 4.79 Å². The molecule has 2 N–H and O–H groups in total. The van der Waals surface area contributed by atoms with E-state index >= 15 is 0 Å². The van der Waals surface area contributed by atoms with Crippen LogP contribution in [0.25, 0.3) is 0 Å². The van der Waals surface area contributed by atoms with Gasteiger partial charge in [-0.2, -0.15) is 0 Å². The first-order chi connectivity index (χ1) is 9.65. The van der Waals surface area contributed by atoms with Crippen molar-refractivity contribution in [1.29, 1.82) is 0 Å². The topological polar surface area (TPSA) is 41.1 Å². The monoisotopic (exact) mass is 308 g/mol. The summed E-state index contributed by atoms with van der Waals surface area (Å²) in [6.45, 7) is 0.598. The zero-order valence-electron chi connectivity index (χ0n) is 10.7. The number of benzene rings is 2. The molecule has 0 aromatic heterocycles. The Bertz CT molecular complexity index is 602. The van der Waals surface area contributed by atoms with Gasteiger partial charge in [-0.05, 0) is 29.8 Å². The first-order valence-electron chi connectivity index (χ1n) is 6.15. The number of anilines is 1. The number of hydrogen-bond donors (Lipinski definition) is 2. The van der Waals surface area contributed by atoms with Crippen LogP contribution in [-0.4, -0.2) is 12.5 Å². The van der Waals surface area contributed by atoms with E-state index in [0.717, 1.165) is 11.3 Å². The summed E-state index contributed by atoms with van der Waals surface area (Å²) in [5, 5.41) is 7.09. The van der Waals surface area contributed by atoms with Gasteiger partial charge in [-0.25, -0.2) is 0 Å². The van der Waals surface area contributed by atoms with E-state index in [0.29, 0.717) is 16.6 Å². The number of hydrogen-bond acceptors (Lipinski definition) is 2. The van der Waals surface area contributed by atoms with Crippen molar-refractivity contribution in [3.8, 4) is 0 Å². The minimum atomic E-state index is -0.107. The Balaban J connectivity index is 1.80. The van der Waals surface area contributed by atoms with Crippen molar-refractivity contribution in [1.82, 2.24) is 5.32 Å². The van der Waals surface area contributed by atoms with Crippen molar-refractivity contribution < 1.29 is 4.79 Å². The molecule has 20 heavy (non-hydrogen) atoms. The maximum Gasteiger partial charge on any atom is 0.239 e. The molecular formula is C15H14Cl2N2O. The highest BCUT2D eigenvalue weighted by molar-refractivity contribution is 6.31. The summed E-state index contributed by atoms with van der Waals surface area (Å²) in [5.74, 6) is -0.107. The summed E-state index contributed by atoms with van der Waals surface area (Å²) in [4.78, 5) is 11.7. The Labute approximate surface area is 127 Å². The van der Waals surface area contributed by atoms with Crippen LogP contribution in [0.4, 0.5) is 5.69 Å². The lowest BCUT2D eigenvalue weighted by atomic mass is 10.2. The fourth-order valence-electron chi connectivity index (χ4n) is 1.68. The van der Waals surface area contributed by atoms with Gasteiger partial charge in [0.25, 0.3) is 0 Å². The molecule has 0 aliphatic rings. The van der Waals surface area contributed by atoms with Gasteiger partial charge in [0.15, 0.2) is 0 Å². The van der Waals surface area contributed by atoms with Gasteiger partial charge < -0.3 is 10.6 Å². The molecule has 0 aliphatic carbocycles. The van der Waals surface area contributed by atoms with Crippen molar-refractivity contribution in [3.05, 3.63) is 64.1 Å². The van der Waals surface area contributed by atoms with Crippen LogP contribution >= 0.6 is 23.2 Å². The van der Waals surface area contributed by atoms with Gasteiger partial charge in [0, 0.05) is 22.3 Å². The third-order valence-electron chi connectivity index (χ3n) is 2.71. The molecule has 0 heterocycles. The predicted molar refractivity (Wildman–Crippen MR) is 83.2 cm³/mol. The minimum absolute atomic E-state index is 0.107. The Morgan fingerprint density at radius 2 is 1.85 bits per heavy atom. The van der Waals surface area contributed by atoms with E-state index in [-0.39, 0.29) is 12.5 Å². The summed E-state index contributed by atoms with van der Waals surface area (Å²) in [6.07, 6.45) is 0. The third kappa shape index (κ3) is 4.44.